The Morgan fingerprint density at radius 3 is 3.00 bits per heavy atom. The van der Waals surface area contributed by atoms with Crippen molar-refractivity contribution in [2.75, 3.05) is 17.6 Å². The van der Waals surface area contributed by atoms with Gasteiger partial charge in [-0.3, -0.25) is 4.68 Å². The Hall–Kier alpha value is -2.48. The molecule has 1 heterocycles. The van der Waals surface area contributed by atoms with Crippen LogP contribution in [-0.2, 0) is 6.54 Å². The number of aromatic nitrogens is 2. The first-order valence-electron chi connectivity index (χ1n) is 5.30. The summed E-state index contributed by atoms with van der Waals surface area (Å²) in [7, 11) is 0. The Kier molecular flexibility index (Phi) is 3.26. The first-order valence-corrected chi connectivity index (χ1v) is 5.30. The Balaban J connectivity index is 1.93. The van der Waals surface area contributed by atoms with Crippen LogP contribution in [0.1, 0.15) is 5.56 Å². The number of anilines is 2. The number of nitrogens with zero attached hydrogens (tertiary/aromatic N) is 3. The lowest BCUT2D eigenvalue weighted by atomic mass is 10.2. The maximum atomic E-state index is 8.72. The minimum Gasteiger partial charge on any atom is -0.397 e. The average molecular weight is 227 g/mol. The van der Waals surface area contributed by atoms with E-state index in [0.717, 1.165) is 18.8 Å². The molecule has 0 amide bonds. The van der Waals surface area contributed by atoms with Gasteiger partial charge in [-0.1, -0.05) is 0 Å². The van der Waals surface area contributed by atoms with Gasteiger partial charge in [0.2, 0.25) is 0 Å². The normalized spacial score (nSPS) is 9.82. The van der Waals surface area contributed by atoms with Crippen molar-refractivity contribution >= 4 is 11.4 Å². The van der Waals surface area contributed by atoms with E-state index in [1.807, 2.05) is 23.0 Å². The Bertz CT molecular complexity index is 524. The molecule has 0 saturated heterocycles. The van der Waals surface area contributed by atoms with Crippen LogP contribution in [-0.4, -0.2) is 16.3 Å². The summed E-state index contributed by atoms with van der Waals surface area (Å²) >= 11 is 0. The largest absolute Gasteiger partial charge is 0.397 e. The molecule has 0 spiro atoms. The fourth-order valence-corrected chi connectivity index (χ4v) is 1.53. The second-order valence-corrected chi connectivity index (χ2v) is 3.61. The number of hydrogen-bond acceptors (Lipinski definition) is 4. The number of hydrogen-bond donors (Lipinski definition) is 2. The van der Waals surface area contributed by atoms with Gasteiger partial charge in [-0.2, -0.15) is 10.4 Å². The summed E-state index contributed by atoms with van der Waals surface area (Å²) in [6.07, 6.45) is 3.65. The van der Waals surface area contributed by atoms with Gasteiger partial charge in [-0.15, -0.1) is 0 Å². The van der Waals surface area contributed by atoms with E-state index < -0.39 is 0 Å². The number of nitriles is 1. The Morgan fingerprint density at radius 1 is 1.47 bits per heavy atom. The molecule has 17 heavy (non-hydrogen) atoms. The molecule has 2 rings (SSSR count). The minimum absolute atomic E-state index is 0.570. The third-order valence-electron chi connectivity index (χ3n) is 2.40. The van der Waals surface area contributed by atoms with E-state index in [4.69, 9.17) is 11.0 Å². The predicted molar refractivity (Wildman–Crippen MR) is 66.3 cm³/mol. The fraction of sp³-hybridized carbons (Fsp3) is 0.167. The molecule has 0 unspecified atom stereocenters. The van der Waals surface area contributed by atoms with Gasteiger partial charge < -0.3 is 11.1 Å². The number of benzene rings is 1. The van der Waals surface area contributed by atoms with E-state index in [0.29, 0.717) is 11.3 Å². The molecule has 5 heteroatoms. The lowest BCUT2D eigenvalue weighted by Gasteiger charge is -2.09. The molecule has 0 bridgehead atoms. The zero-order valence-electron chi connectivity index (χ0n) is 9.30. The maximum absolute atomic E-state index is 8.72. The van der Waals surface area contributed by atoms with Crippen LogP contribution in [0.15, 0.2) is 36.7 Å². The van der Waals surface area contributed by atoms with E-state index in [1.54, 1.807) is 18.3 Å². The van der Waals surface area contributed by atoms with E-state index in [-0.39, 0.29) is 0 Å². The van der Waals surface area contributed by atoms with Gasteiger partial charge >= 0.3 is 0 Å². The third-order valence-corrected chi connectivity index (χ3v) is 2.40. The number of rotatable bonds is 4. The third kappa shape index (κ3) is 2.75. The van der Waals surface area contributed by atoms with Crippen LogP contribution in [0.2, 0.25) is 0 Å². The highest BCUT2D eigenvalue weighted by Crippen LogP contribution is 2.19. The van der Waals surface area contributed by atoms with Crippen LogP contribution in [0.5, 0.6) is 0 Å². The molecule has 0 aliphatic heterocycles. The highest BCUT2D eigenvalue weighted by Gasteiger charge is 2.00. The molecule has 0 aliphatic carbocycles. The van der Waals surface area contributed by atoms with E-state index in [2.05, 4.69) is 16.5 Å². The van der Waals surface area contributed by atoms with Crippen LogP contribution in [0, 0.1) is 11.3 Å². The van der Waals surface area contributed by atoms with E-state index >= 15 is 0 Å². The fourth-order valence-electron chi connectivity index (χ4n) is 1.53. The molecular formula is C12H13N5. The zero-order chi connectivity index (χ0) is 12.1. The smallest absolute Gasteiger partial charge is 0.0992 e. The molecule has 0 aliphatic rings. The van der Waals surface area contributed by atoms with Crippen LogP contribution >= 0.6 is 0 Å². The van der Waals surface area contributed by atoms with Gasteiger partial charge in [0.05, 0.1) is 29.6 Å². The molecule has 5 nitrogen and oxygen atoms in total. The molecule has 0 radical (unpaired) electrons. The number of nitrogen functional groups attached to an aromatic ring is 1. The molecular weight excluding hydrogens is 214 g/mol. The van der Waals surface area contributed by atoms with Gasteiger partial charge in [0.15, 0.2) is 0 Å². The second kappa shape index (κ2) is 5.03. The van der Waals surface area contributed by atoms with Gasteiger partial charge in [0.1, 0.15) is 0 Å². The van der Waals surface area contributed by atoms with Crippen molar-refractivity contribution in [1.29, 1.82) is 5.26 Å². The summed E-state index contributed by atoms with van der Waals surface area (Å²) in [5.74, 6) is 0. The molecule has 0 atom stereocenters. The Morgan fingerprint density at radius 2 is 2.35 bits per heavy atom. The first-order chi connectivity index (χ1) is 8.29. The lowest BCUT2D eigenvalue weighted by molar-refractivity contribution is 0.638. The summed E-state index contributed by atoms with van der Waals surface area (Å²) < 4.78 is 1.84. The van der Waals surface area contributed by atoms with Crippen LogP contribution in [0.3, 0.4) is 0 Å². The maximum Gasteiger partial charge on any atom is 0.0992 e. The predicted octanol–water partition coefficient (Wildman–Crippen LogP) is 1.45. The molecule has 0 saturated carbocycles. The standard InChI is InChI=1S/C12H13N5/c13-9-10-2-3-12(11(14)8-10)15-5-7-17-6-1-4-16-17/h1-4,6,8,15H,5,7,14H2. The van der Waals surface area contributed by atoms with Gasteiger partial charge in [-0.25, -0.2) is 0 Å². The van der Waals surface area contributed by atoms with Gasteiger partial charge in [-0.05, 0) is 24.3 Å². The van der Waals surface area contributed by atoms with Crippen LogP contribution in [0.25, 0.3) is 0 Å². The van der Waals surface area contributed by atoms with Gasteiger partial charge in [0.25, 0.3) is 0 Å². The number of nitrogens with two attached hydrogens (primary N) is 1. The molecule has 1 aromatic heterocycles. The molecule has 1 aromatic carbocycles. The minimum atomic E-state index is 0.570. The molecule has 3 N–H and O–H groups in total. The zero-order valence-corrected chi connectivity index (χ0v) is 9.30. The monoisotopic (exact) mass is 227 g/mol. The van der Waals surface area contributed by atoms with E-state index in [1.165, 1.54) is 0 Å². The van der Waals surface area contributed by atoms with Crippen molar-refractivity contribution in [3.05, 3.63) is 42.2 Å². The topological polar surface area (TPSA) is 79.7 Å². The molecule has 0 fully saturated rings. The first kappa shape index (κ1) is 11.0. The van der Waals surface area contributed by atoms with Crippen LogP contribution < -0.4 is 11.1 Å². The van der Waals surface area contributed by atoms with Crippen molar-refractivity contribution < 1.29 is 0 Å². The van der Waals surface area contributed by atoms with Crippen molar-refractivity contribution in [3.8, 4) is 6.07 Å². The highest BCUT2D eigenvalue weighted by atomic mass is 15.3. The molecule has 86 valence electrons. The quantitative estimate of drug-likeness (QED) is 0.775. The van der Waals surface area contributed by atoms with Crippen LogP contribution in [0.4, 0.5) is 11.4 Å². The van der Waals surface area contributed by atoms with Crippen molar-refractivity contribution in [3.63, 3.8) is 0 Å². The number of nitrogens with one attached hydrogen (secondary N) is 1. The van der Waals surface area contributed by atoms with Crippen molar-refractivity contribution in [1.82, 2.24) is 9.78 Å². The molecule has 2 aromatic rings. The SMILES string of the molecule is N#Cc1ccc(NCCn2cccn2)c(N)c1. The Labute approximate surface area is 99.5 Å². The van der Waals surface area contributed by atoms with Crippen molar-refractivity contribution in [2.24, 2.45) is 0 Å². The summed E-state index contributed by atoms with van der Waals surface area (Å²) in [6.45, 7) is 1.50. The highest BCUT2D eigenvalue weighted by molar-refractivity contribution is 5.68. The summed E-state index contributed by atoms with van der Waals surface area (Å²) in [4.78, 5) is 0. The second-order valence-electron chi connectivity index (χ2n) is 3.61. The van der Waals surface area contributed by atoms with Gasteiger partial charge in [0, 0.05) is 18.9 Å². The summed E-state index contributed by atoms with van der Waals surface area (Å²) in [6, 6.07) is 9.16. The van der Waals surface area contributed by atoms with Crippen molar-refractivity contribution in [2.45, 2.75) is 6.54 Å². The lowest BCUT2D eigenvalue weighted by Crippen LogP contribution is -2.11. The summed E-state index contributed by atoms with van der Waals surface area (Å²) in [5.41, 5.74) is 7.82. The van der Waals surface area contributed by atoms with E-state index in [9.17, 15) is 0 Å². The summed E-state index contributed by atoms with van der Waals surface area (Å²) in [5, 5.41) is 16.0. The average Bonchev–Trinajstić information content (AvgIpc) is 2.84.